The lowest BCUT2D eigenvalue weighted by atomic mass is 10.0. The topological polar surface area (TPSA) is 86.8 Å². The number of nitrogens with one attached hydrogen (secondary N) is 1. The molecule has 0 aliphatic rings. The average molecular weight is 654 g/mol. The Kier molecular flexibility index (Phi) is 11.3. The van der Waals surface area contributed by atoms with Crippen LogP contribution in [0.1, 0.15) is 68.4 Å². The summed E-state index contributed by atoms with van der Waals surface area (Å²) in [7, 11) is -4.16. The number of carbonyl (C=O) groups excluding carboxylic acids is 2. The van der Waals surface area contributed by atoms with Crippen LogP contribution in [0.3, 0.4) is 0 Å². The van der Waals surface area contributed by atoms with E-state index < -0.39 is 34.1 Å². The molecule has 0 spiro atoms. The minimum absolute atomic E-state index is 0.0837. The molecular formula is C39H47N3O4S. The van der Waals surface area contributed by atoms with Crippen molar-refractivity contribution in [1.29, 1.82) is 0 Å². The van der Waals surface area contributed by atoms with Crippen molar-refractivity contribution in [3.63, 3.8) is 0 Å². The number of anilines is 1. The second-order valence-electron chi connectivity index (χ2n) is 13.5. The maximum Gasteiger partial charge on any atom is 0.264 e. The van der Waals surface area contributed by atoms with Crippen LogP contribution in [-0.4, -0.2) is 43.3 Å². The monoisotopic (exact) mass is 653 g/mol. The summed E-state index contributed by atoms with van der Waals surface area (Å²) in [6.07, 6.45) is 0.258. The summed E-state index contributed by atoms with van der Waals surface area (Å²) in [6.45, 7) is 13.3. The van der Waals surface area contributed by atoms with Gasteiger partial charge < -0.3 is 10.2 Å². The number of benzene rings is 4. The van der Waals surface area contributed by atoms with Crippen LogP contribution in [0.5, 0.6) is 0 Å². The first-order chi connectivity index (χ1) is 22.1. The Morgan fingerprint density at radius 3 is 1.96 bits per heavy atom. The lowest BCUT2D eigenvalue weighted by molar-refractivity contribution is -0.140. The van der Waals surface area contributed by atoms with Gasteiger partial charge in [0.05, 0.1) is 10.6 Å². The van der Waals surface area contributed by atoms with Gasteiger partial charge >= 0.3 is 0 Å². The average Bonchev–Trinajstić information content (AvgIpc) is 3.01. The first-order valence-electron chi connectivity index (χ1n) is 16.0. The summed E-state index contributed by atoms with van der Waals surface area (Å²) in [5.74, 6) is -0.547. The van der Waals surface area contributed by atoms with Crippen LogP contribution in [0.4, 0.5) is 5.69 Å². The number of nitrogens with zero attached hydrogens (tertiary/aromatic N) is 2. The molecule has 0 fully saturated rings. The van der Waals surface area contributed by atoms with E-state index in [9.17, 15) is 18.0 Å². The van der Waals surface area contributed by atoms with Gasteiger partial charge in [-0.15, -0.1) is 0 Å². The van der Waals surface area contributed by atoms with Crippen LogP contribution in [0.15, 0.2) is 108 Å². The Morgan fingerprint density at radius 1 is 0.766 bits per heavy atom. The molecular weight excluding hydrogens is 607 g/mol. The lowest BCUT2D eigenvalue weighted by Crippen LogP contribution is -2.56. The second-order valence-corrected chi connectivity index (χ2v) is 15.4. The van der Waals surface area contributed by atoms with Crippen LogP contribution in [0, 0.1) is 13.8 Å². The summed E-state index contributed by atoms with van der Waals surface area (Å²) in [5, 5.41) is 3.07. The zero-order valence-corrected chi connectivity index (χ0v) is 29.3. The van der Waals surface area contributed by atoms with Crippen molar-refractivity contribution in [2.75, 3.05) is 10.8 Å². The van der Waals surface area contributed by atoms with E-state index in [0.29, 0.717) is 5.69 Å². The first-order valence-corrected chi connectivity index (χ1v) is 17.5. The molecule has 4 rings (SSSR count). The first kappa shape index (κ1) is 35.4. The Morgan fingerprint density at radius 2 is 1.38 bits per heavy atom. The third-order valence-electron chi connectivity index (χ3n) is 7.94. The second kappa shape index (κ2) is 15.0. The molecule has 0 aliphatic heterocycles. The molecule has 1 N–H and O–H groups in total. The van der Waals surface area contributed by atoms with Crippen molar-refractivity contribution in [2.45, 2.75) is 83.8 Å². The van der Waals surface area contributed by atoms with E-state index in [1.807, 2.05) is 101 Å². The summed E-state index contributed by atoms with van der Waals surface area (Å²) >= 11 is 0. The molecule has 0 saturated carbocycles. The van der Waals surface area contributed by atoms with Gasteiger partial charge in [-0.05, 0) is 81.5 Å². The molecule has 0 bridgehead atoms. The zero-order valence-electron chi connectivity index (χ0n) is 28.5. The molecule has 0 aliphatic carbocycles. The van der Waals surface area contributed by atoms with E-state index in [-0.39, 0.29) is 29.7 Å². The third kappa shape index (κ3) is 9.55. The van der Waals surface area contributed by atoms with E-state index in [0.717, 1.165) is 32.1 Å². The molecule has 1 atom stereocenters. The highest BCUT2D eigenvalue weighted by molar-refractivity contribution is 7.92. The van der Waals surface area contributed by atoms with Crippen LogP contribution < -0.4 is 9.62 Å². The normalized spacial score (nSPS) is 12.4. The molecule has 0 saturated heterocycles. The molecule has 0 heterocycles. The predicted molar refractivity (Wildman–Crippen MR) is 190 cm³/mol. The van der Waals surface area contributed by atoms with E-state index in [1.54, 1.807) is 36.4 Å². The van der Waals surface area contributed by atoms with Crippen LogP contribution >= 0.6 is 0 Å². The van der Waals surface area contributed by atoms with Crippen molar-refractivity contribution in [3.8, 4) is 0 Å². The van der Waals surface area contributed by atoms with E-state index in [4.69, 9.17) is 0 Å². The largest absolute Gasteiger partial charge is 0.350 e. The number of rotatable bonds is 12. The Hall–Kier alpha value is -4.43. The van der Waals surface area contributed by atoms with Gasteiger partial charge in [-0.2, -0.15) is 0 Å². The summed E-state index contributed by atoms with van der Waals surface area (Å²) in [4.78, 5) is 30.3. The molecule has 8 heteroatoms. The van der Waals surface area contributed by atoms with Gasteiger partial charge in [0.25, 0.3) is 10.0 Å². The van der Waals surface area contributed by atoms with Gasteiger partial charge in [0.15, 0.2) is 0 Å². The van der Waals surface area contributed by atoms with Crippen molar-refractivity contribution >= 4 is 27.5 Å². The Bertz CT molecular complexity index is 1760. The lowest BCUT2D eigenvalue weighted by Gasteiger charge is -2.35. The maximum atomic E-state index is 14.7. The van der Waals surface area contributed by atoms with Gasteiger partial charge in [-0.3, -0.25) is 13.9 Å². The SMILES string of the molecule is Cc1ccc(S(=O)(=O)N(CC(=O)N(Cc2cccc(C)c2)[C@H](Cc2ccccc2)C(=O)NC(C)(C)C)c2ccc(C(C)C)cc2)cc1. The Labute approximate surface area is 280 Å². The van der Waals surface area contributed by atoms with Crippen LogP contribution in [0.2, 0.25) is 0 Å². The summed E-state index contributed by atoms with van der Waals surface area (Å²) in [5.41, 5.74) is 4.54. The van der Waals surface area contributed by atoms with Crippen molar-refractivity contribution in [2.24, 2.45) is 0 Å². The highest BCUT2D eigenvalue weighted by Crippen LogP contribution is 2.27. The number of hydrogen-bond acceptors (Lipinski definition) is 4. The minimum Gasteiger partial charge on any atom is -0.350 e. The fourth-order valence-corrected chi connectivity index (χ4v) is 6.82. The molecule has 248 valence electrons. The maximum absolute atomic E-state index is 14.7. The van der Waals surface area contributed by atoms with E-state index >= 15 is 0 Å². The standard InChI is InChI=1S/C39H47N3O4S/c1-28(2)33-18-20-34(21-19-33)42(47(45,46)35-22-16-29(3)17-23-35)27-37(43)41(26-32-15-11-12-30(4)24-32)36(38(44)40-39(5,6)7)25-31-13-9-8-10-14-31/h8-24,28,36H,25-27H2,1-7H3,(H,40,44)/t36-/m1/s1. The highest BCUT2D eigenvalue weighted by Gasteiger charge is 2.35. The quantitative estimate of drug-likeness (QED) is 0.176. The van der Waals surface area contributed by atoms with Crippen molar-refractivity contribution < 1.29 is 18.0 Å². The van der Waals surface area contributed by atoms with Gasteiger partial charge in [0, 0.05) is 18.5 Å². The van der Waals surface area contributed by atoms with Crippen molar-refractivity contribution in [1.82, 2.24) is 10.2 Å². The molecule has 7 nitrogen and oxygen atoms in total. The van der Waals surface area contributed by atoms with Gasteiger partial charge in [0.2, 0.25) is 11.8 Å². The molecule has 2 amide bonds. The third-order valence-corrected chi connectivity index (χ3v) is 9.73. The van der Waals surface area contributed by atoms with Gasteiger partial charge in [-0.1, -0.05) is 104 Å². The summed E-state index contributed by atoms with van der Waals surface area (Å²) < 4.78 is 29.7. The summed E-state index contributed by atoms with van der Waals surface area (Å²) in [6, 6.07) is 30.3. The number of carbonyl (C=O) groups is 2. The van der Waals surface area contributed by atoms with Crippen LogP contribution in [-0.2, 0) is 32.6 Å². The number of sulfonamides is 1. The van der Waals surface area contributed by atoms with Gasteiger partial charge in [0.1, 0.15) is 12.6 Å². The van der Waals surface area contributed by atoms with E-state index in [2.05, 4.69) is 19.2 Å². The fraction of sp³-hybridized carbons (Fsp3) is 0.333. The Balaban J connectivity index is 1.83. The number of amides is 2. The van der Waals surface area contributed by atoms with Crippen molar-refractivity contribution in [3.05, 3.63) is 131 Å². The molecule has 0 unspecified atom stereocenters. The smallest absolute Gasteiger partial charge is 0.264 e. The number of hydrogen-bond donors (Lipinski definition) is 1. The predicted octanol–water partition coefficient (Wildman–Crippen LogP) is 7.18. The van der Waals surface area contributed by atoms with Gasteiger partial charge in [-0.25, -0.2) is 8.42 Å². The van der Waals surface area contributed by atoms with E-state index in [1.165, 1.54) is 4.90 Å². The van der Waals surface area contributed by atoms with Crippen LogP contribution in [0.25, 0.3) is 0 Å². The molecule has 0 radical (unpaired) electrons. The zero-order chi connectivity index (χ0) is 34.4. The molecule has 47 heavy (non-hydrogen) atoms. The highest BCUT2D eigenvalue weighted by atomic mass is 32.2. The minimum atomic E-state index is -4.16. The molecule has 0 aromatic heterocycles. The number of aryl methyl sites for hydroxylation is 2. The molecule has 4 aromatic carbocycles. The molecule has 4 aromatic rings. The fourth-order valence-electron chi connectivity index (χ4n) is 5.41.